The van der Waals surface area contributed by atoms with Crippen molar-refractivity contribution in [1.29, 1.82) is 0 Å². The van der Waals surface area contributed by atoms with Gasteiger partial charge in [-0.2, -0.15) is 0 Å². The third-order valence-corrected chi connectivity index (χ3v) is 3.63. The van der Waals surface area contributed by atoms with Crippen LogP contribution >= 0.6 is 0 Å². The molecule has 0 saturated carbocycles. The molecular formula is C19H24FN. The lowest BCUT2D eigenvalue weighted by molar-refractivity contribution is 0.565. The molecule has 0 heterocycles. The van der Waals surface area contributed by atoms with E-state index < -0.39 is 0 Å². The molecule has 0 spiro atoms. The summed E-state index contributed by atoms with van der Waals surface area (Å²) in [6.07, 6.45) is 1.12. The van der Waals surface area contributed by atoms with Crippen LogP contribution in [0.3, 0.4) is 0 Å². The number of hydrogen-bond acceptors (Lipinski definition) is 1. The first kappa shape index (κ1) is 15.7. The molecule has 2 aromatic rings. The highest BCUT2D eigenvalue weighted by Crippen LogP contribution is 2.15. The van der Waals surface area contributed by atoms with Gasteiger partial charge in [-0.15, -0.1) is 0 Å². The van der Waals surface area contributed by atoms with E-state index in [0.717, 1.165) is 18.5 Å². The Morgan fingerprint density at radius 3 is 2.24 bits per heavy atom. The fraction of sp³-hybridized carbons (Fsp3) is 0.368. The average molecular weight is 285 g/mol. The minimum atomic E-state index is -0.181. The second-order valence-corrected chi connectivity index (χ2v) is 6.07. The molecule has 2 aromatic carbocycles. The van der Waals surface area contributed by atoms with Crippen LogP contribution in [-0.4, -0.2) is 0 Å². The summed E-state index contributed by atoms with van der Waals surface area (Å²) in [5, 5.41) is 3.44. The van der Waals surface area contributed by atoms with Gasteiger partial charge in [0.15, 0.2) is 0 Å². The van der Waals surface area contributed by atoms with Crippen molar-refractivity contribution in [3.63, 3.8) is 0 Å². The van der Waals surface area contributed by atoms with Crippen LogP contribution in [0.15, 0.2) is 48.5 Å². The van der Waals surface area contributed by atoms with Gasteiger partial charge in [-0.3, -0.25) is 0 Å². The number of halogens is 1. The van der Waals surface area contributed by atoms with Gasteiger partial charge in [0.1, 0.15) is 5.82 Å². The van der Waals surface area contributed by atoms with Crippen LogP contribution in [0.2, 0.25) is 0 Å². The molecule has 0 bridgehead atoms. The molecule has 112 valence electrons. The van der Waals surface area contributed by atoms with Crippen LogP contribution in [0.25, 0.3) is 0 Å². The first-order valence-electron chi connectivity index (χ1n) is 7.61. The Labute approximate surface area is 127 Å². The first-order chi connectivity index (χ1) is 10.0. The van der Waals surface area contributed by atoms with Gasteiger partial charge in [0.2, 0.25) is 0 Å². The number of nitrogens with one attached hydrogen (secondary N) is 1. The summed E-state index contributed by atoms with van der Waals surface area (Å²) in [5.41, 5.74) is 3.61. The smallest absolute Gasteiger partial charge is 0.123 e. The van der Waals surface area contributed by atoms with E-state index in [1.54, 1.807) is 12.1 Å². The maximum Gasteiger partial charge on any atom is 0.123 e. The zero-order valence-corrected chi connectivity index (χ0v) is 13.1. The monoisotopic (exact) mass is 285 g/mol. The molecule has 2 heteroatoms. The third-order valence-electron chi connectivity index (χ3n) is 3.63. The summed E-state index contributed by atoms with van der Waals surface area (Å²) in [7, 11) is 0. The van der Waals surface area contributed by atoms with Gasteiger partial charge in [0.05, 0.1) is 0 Å². The van der Waals surface area contributed by atoms with Crippen molar-refractivity contribution in [1.82, 2.24) is 5.32 Å². The molecule has 0 saturated heterocycles. The van der Waals surface area contributed by atoms with Crippen LogP contribution in [-0.2, 0) is 13.0 Å². The van der Waals surface area contributed by atoms with E-state index in [4.69, 9.17) is 0 Å². The zero-order chi connectivity index (χ0) is 15.2. The Bertz CT molecular complexity index is 560. The standard InChI is InChI=1S/C19H24FN/c1-14(2)11-16-7-9-17(10-8-16)13-21-15(3)18-5-4-6-19(20)12-18/h4-10,12,14-15,21H,11,13H2,1-3H3. The molecule has 0 radical (unpaired) electrons. The lowest BCUT2D eigenvalue weighted by Gasteiger charge is -2.15. The Morgan fingerprint density at radius 1 is 0.952 bits per heavy atom. The quantitative estimate of drug-likeness (QED) is 0.798. The fourth-order valence-electron chi connectivity index (χ4n) is 2.43. The molecule has 2 rings (SSSR count). The van der Waals surface area contributed by atoms with E-state index >= 15 is 0 Å². The van der Waals surface area contributed by atoms with Crippen molar-refractivity contribution in [2.45, 2.75) is 39.8 Å². The summed E-state index contributed by atoms with van der Waals surface area (Å²) in [6, 6.07) is 15.6. The molecular weight excluding hydrogens is 261 g/mol. The minimum absolute atomic E-state index is 0.135. The van der Waals surface area contributed by atoms with E-state index in [1.807, 2.05) is 6.07 Å². The molecule has 0 aliphatic carbocycles. The van der Waals surface area contributed by atoms with E-state index in [9.17, 15) is 4.39 Å². The average Bonchev–Trinajstić information content (AvgIpc) is 2.45. The zero-order valence-electron chi connectivity index (χ0n) is 13.1. The van der Waals surface area contributed by atoms with Gasteiger partial charge in [0.25, 0.3) is 0 Å². The number of benzene rings is 2. The molecule has 21 heavy (non-hydrogen) atoms. The Balaban J connectivity index is 1.90. The molecule has 0 aliphatic heterocycles. The molecule has 1 unspecified atom stereocenters. The van der Waals surface area contributed by atoms with E-state index in [0.29, 0.717) is 5.92 Å². The van der Waals surface area contributed by atoms with E-state index in [1.165, 1.54) is 17.2 Å². The Kier molecular flexibility index (Phi) is 5.51. The van der Waals surface area contributed by atoms with Crippen molar-refractivity contribution in [3.8, 4) is 0 Å². The molecule has 0 aromatic heterocycles. The predicted molar refractivity (Wildman–Crippen MR) is 86.6 cm³/mol. The van der Waals surface area contributed by atoms with Gasteiger partial charge >= 0.3 is 0 Å². The molecule has 0 amide bonds. The normalized spacial score (nSPS) is 12.6. The van der Waals surface area contributed by atoms with Crippen LogP contribution in [0.1, 0.15) is 43.5 Å². The molecule has 1 atom stereocenters. The highest BCUT2D eigenvalue weighted by atomic mass is 19.1. The first-order valence-corrected chi connectivity index (χ1v) is 7.61. The summed E-state index contributed by atoms with van der Waals surface area (Å²) in [5.74, 6) is 0.501. The summed E-state index contributed by atoms with van der Waals surface area (Å²) in [4.78, 5) is 0. The lowest BCUT2D eigenvalue weighted by atomic mass is 10.0. The van der Waals surface area contributed by atoms with Gasteiger partial charge < -0.3 is 5.32 Å². The number of hydrogen-bond donors (Lipinski definition) is 1. The highest BCUT2D eigenvalue weighted by Gasteiger charge is 2.06. The Morgan fingerprint density at radius 2 is 1.62 bits per heavy atom. The van der Waals surface area contributed by atoms with Crippen LogP contribution < -0.4 is 5.32 Å². The van der Waals surface area contributed by atoms with Crippen molar-refractivity contribution in [2.75, 3.05) is 0 Å². The SMILES string of the molecule is CC(C)Cc1ccc(CNC(C)c2cccc(F)c2)cc1. The molecule has 1 nitrogen and oxygen atoms in total. The van der Waals surface area contributed by atoms with Crippen molar-refractivity contribution >= 4 is 0 Å². The van der Waals surface area contributed by atoms with Gasteiger partial charge in [-0.1, -0.05) is 50.2 Å². The fourth-order valence-corrected chi connectivity index (χ4v) is 2.43. The topological polar surface area (TPSA) is 12.0 Å². The van der Waals surface area contributed by atoms with Crippen LogP contribution in [0, 0.1) is 11.7 Å². The number of rotatable bonds is 6. The highest BCUT2D eigenvalue weighted by molar-refractivity contribution is 5.24. The molecule has 0 aliphatic rings. The third kappa shape index (κ3) is 4.98. The van der Waals surface area contributed by atoms with Gasteiger partial charge in [-0.25, -0.2) is 4.39 Å². The van der Waals surface area contributed by atoms with Crippen LogP contribution in [0.5, 0.6) is 0 Å². The Hall–Kier alpha value is -1.67. The molecule has 1 N–H and O–H groups in total. The minimum Gasteiger partial charge on any atom is -0.306 e. The summed E-state index contributed by atoms with van der Waals surface area (Å²) >= 11 is 0. The summed E-state index contributed by atoms with van der Waals surface area (Å²) < 4.78 is 13.2. The van der Waals surface area contributed by atoms with E-state index in [2.05, 4.69) is 50.4 Å². The maximum absolute atomic E-state index is 13.2. The maximum atomic E-state index is 13.2. The van der Waals surface area contributed by atoms with E-state index in [-0.39, 0.29) is 11.9 Å². The second-order valence-electron chi connectivity index (χ2n) is 6.07. The largest absolute Gasteiger partial charge is 0.306 e. The second kappa shape index (κ2) is 7.37. The molecule has 0 fully saturated rings. The van der Waals surface area contributed by atoms with Gasteiger partial charge in [0, 0.05) is 12.6 Å². The lowest BCUT2D eigenvalue weighted by Crippen LogP contribution is -2.18. The van der Waals surface area contributed by atoms with Crippen molar-refractivity contribution in [2.24, 2.45) is 5.92 Å². The van der Waals surface area contributed by atoms with Crippen molar-refractivity contribution in [3.05, 3.63) is 71.0 Å². The summed E-state index contributed by atoms with van der Waals surface area (Å²) in [6.45, 7) is 7.31. The predicted octanol–water partition coefficient (Wildman–Crippen LogP) is 4.88. The van der Waals surface area contributed by atoms with Crippen LogP contribution in [0.4, 0.5) is 4.39 Å². The van der Waals surface area contributed by atoms with Crippen molar-refractivity contribution < 1.29 is 4.39 Å². The van der Waals surface area contributed by atoms with Gasteiger partial charge in [-0.05, 0) is 48.1 Å².